The van der Waals surface area contributed by atoms with Crippen molar-refractivity contribution in [1.82, 2.24) is 10.3 Å². The Balaban J connectivity index is 1.80. The SMILES string of the molecule is O=C(COc1ccc(Cl)cc1Br)NCc1ccccn1. The first kappa shape index (κ1) is 14.8. The van der Waals surface area contributed by atoms with Crippen LogP contribution >= 0.6 is 27.5 Å². The van der Waals surface area contributed by atoms with Gasteiger partial charge in [-0.15, -0.1) is 0 Å². The fourth-order valence-corrected chi connectivity index (χ4v) is 2.28. The van der Waals surface area contributed by atoms with Crippen molar-refractivity contribution in [1.29, 1.82) is 0 Å². The maximum Gasteiger partial charge on any atom is 0.258 e. The second-order valence-corrected chi connectivity index (χ2v) is 5.25. The van der Waals surface area contributed by atoms with Gasteiger partial charge < -0.3 is 10.1 Å². The van der Waals surface area contributed by atoms with Crippen LogP contribution in [0.1, 0.15) is 5.69 Å². The number of nitrogens with zero attached hydrogens (tertiary/aromatic N) is 1. The van der Waals surface area contributed by atoms with Crippen molar-refractivity contribution in [2.24, 2.45) is 0 Å². The number of aromatic nitrogens is 1. The summed E-state index contributed by atoms with van der Waals surface area (Å²) in [6, 6.07) is 10.7. The fourth-order valence-electron chi connectivity index (χ4n) is 1.48. The van der Waals surface area contributed by atoms with E-state index in [9.17, 15) is 4.79 Å². The van der Waals surface area contributed by atoms with Crippen LogP contribution in [0.25, 0.3) is 0 Å². The molecule has 0 saturated carbocycles. The van der Waals surface area contributed by atoms with Crippen molar-refractivity contribution in [2.75, 3.05) is 6.61 Å². The Bertz CT molecular complexity index is 593. The van der Waals surface area contributed by atoms with Gasteiger partial charge in [0.2, 0.25) is 0 Å². The van der Waals surface area contributed by atoms with Gasteiger partial charge >= 0.3 is 0 Å². The molecule has 0 fully saturated rings. The number of carbonyl (C=O) groups is 1. The van der Waals surface area contributed by atoms with Gasteiger partial charge in [-0.25, -0.2) is 0 Å². The number of ether oxygens (including phenoxy) is 1. The number of carbonyl (C=O) groups excluding carboxylic acids is 1. The predicted octanol–water partition coefficient (Wildman–Crippen LogP) is 3.19. The Morgan fingerprint density at radius 1 is 1.35 bits per heavy atom. The first-order chi connectivity index (χ1) is 9.65. The molecule has 20 heavy (non-hydrogen) atoms. The number of pyridine rings is 1. The summed E-state index contributed by atoms with van der Waals surface area (Å²) in [5, 5.41) is 3.33. The van der Waals surface area contributed by atoms with Gasteiger partial charge in [0.15, 0.2) is 6.61 Å². The van der Waals surface area contributed by atoms with Gasteiger partial charge in [0.05, 0.1) is 16.7 Å². The molecule has 104 valence electrons. The monoisotopic (exact) mass is 354 g/mol. The van der Waals surface area contributed by atoms with Crippen molar-refractivity contribution in [2.45, 2.75) is 6.54 Å². The highest BCUT2D eigenvalue weighted by Crippen LogP contribution is 2.27. The van der Waals surface area contributed by atoms with Crippen LogP contribution in [0, 0.1) is 0 Å². The van der Waals surface area contributed by atoms with Gasteiger partial charge in [-0.05, 0) is 46.3 Å². The van der Waals surface area contributed by atoms with E-state index in [0.717, 1.165) is 5.69 Å². The number of hydrogen-bond donors (Lipinski definition) is 1. The summed E-state index contributed by atoms with van der Waals surface area (Å²) >= 11 is 9.15. The molecule has 0 aliphatic heterocycles. The summed E-state index contributed by atoms with van der Waals surface area (Å²) in [5.41, 5.74) is 0.800. The number of benzene rings is 1. The standard InChI is InChI=1S/C14H12BrClN2O2/c15-12-7-10(16)4-5-13(12)20-9-14(19)18-8-11-3-1-2-6-17-11/h1-7H,8-9H2,(H,18,19). The number of nitrogens with one attached hydrogen (secondary N) is 1. The van der Waals surface area contributed by atoms with Crippen LogP contribution in [0.15, 0.2) is 47.1 Å². The van der Waals surface area contributed by atoms with Crippen LogP contribution < -0.4 is 10.1 Å². The number of amides is 1. The van der Waals surface area contributed by atoms with E-state index >= 15 is 0 Å². The topological polar surface area (TPSA) is 51.2 Å². The zero-order valence-corrected chi connectivity index (χ0v) is 12.8. The fraction of sp³-hybridized carbons (Fsp3) is 0.143. The van der Waals surface area contributed by atoms with E-state index < -0.39 is 0 Å². The Hall–Kier alpha value is -1.59. The molecule has 4 nitrogen and oxygen atoms in total. The maximum atomic E-state index is 11.7. The molecule has 0 unspecified atom stereocenters. The summed E-state index contributed by atoms with van der Waals surface area (Å²) in [6.07, 6.45) is 1.68. The van der Waals surface area contributed by atoms with Gasteiger partial charge in [0, 0.05) is 11.2 Å². The highest BCUT2D eigenvalue weighted by atomic mass is 79.9. The molecule has 1 N–H and O–H groups in total. The van der Waals surface area contributed by atoms with E-state index in [1.54, 1.807) is 24.4 Å². The minimum Gasteiger partial charge on any atom is -0.483 e. The smallest absolute Gasteiger partial charge is 0.258 e. The van der Waals surface area contributed by atoms with E-state index in [4.69, 9.17) is 16.3 Å². The minimum absolute atomic E-state index is 0.0624. The molecule has 0 aliphatic rings. The summed E-state index contributed by atoms with van der Waals surface area (Å²) in [5.74, 6) is 0.361. The molecule has 0 spiro atoms. The molecular formula is C14H12BrClN2O2. The summed E-state index contributed by atoms with van der Waals surface area (Å²) in [7, 11) is 0. The second-order valence-electron chi connectivity index (χ2n) is 3.96. The lowest BCUT2D eigenvalue weighted by molar-refractivity contribution is -0.123. The molecule has 0 radical (unpaired) electrons. The molecule has 1 heterocycles. The molecule has 1 amide bonds. The third kappa shape index (κ3) is 4.51. The van der Waals surface area contributed by atoms with E-state index in [-0.39, 0.29) is 12.5 Å². The van der Waals surface area contributed by atoms with Crippen LogP contribution in [0.2, 0.25) is 5.02 Å². The lowest BCUT2D eigenvalue weighted by atomic mass is 10.3. The van der Waals surface area contributed by atoms with E-state index in [1.807, 2.05) is 18.2 Å². The minimum atomic E-state index is -0.211. The van der Waals surface area contributed by atoms with Gasteiger partial charge in [0.25, 0.3) is 5.91 Å². The molecule has 2 aromatic rings. The Morgan fingerprint density at radius 2 is 2.20 bits per heavy atom. The predicted molar refractivity (Wildman–Crippen MR) is 80.7 cm³/mol. The lowest BCUT2D eigenvalue weighted by Gasteiger charge is -2.09. The molecule has 0 saturated heterocycles. The molecular weight excluding hydrogens is 344 g/mol. The molecule has 2 rings (SSSR count). The zero-order valence-electron chi connectivity index (χ0n) is 10.5. The molecule has 1 aromatic heterocycles. The summed E-state index contributed by atoms with van der Waals surface area (Å²) < 4.78 is 6.11. The largest absolute Gasteiger partial charge is 0.483 e. The van der Waals surface area contributed by atoms with Crippen LogP contribution in [0.5, 0.6) is 5.75 Å². The van der Waals surface area contributed by atoms with Gasteiger partial charge in [0.1, 0.15) is 5.75 Å². The first-order valence-electron chi connectivity index (χ1n) is 5.89. The number of rotatable bonds is 5. The van der Waals surface area contributed by atoms with Crippen molar-refractivity contribution in [3.05, 3.63) is 57.8 Å². The molecule has 0 bridgehead atoms. The second kappa shape index (κ2) is 7.26. The van der Waals surface area contributed by atoms with Gasteiger partial charge in [-0.3, -0.25) is 9.78 Å². The molecule has 6 heteroatoms. The maximum absolute atomic E-state index is 11.7. The van der Waals surface area contributed by atoms with E-state index in [1.165, 1.54) is 0 Å². The zero-order chi connectivity index (χ0) is 14.4. The summed E-state index contributed by atoms with van der Waals surface area (Å²) in [6.45, 7) is 0.317. The number of hydrogen-bond acceptors (Lipinski definition) is 3. The Morgan fingerprint density at radius 3 is 2.90 bits per heavy atom. The molecule has 0 atom stereocenters. The quantitative estimate of drug-likeness (QED) is 0.896. The third-order valence-electron chi connectivity index (χ3n) is 2.45. The Kier molecular flexibility index (Phi) is 5.38. The highest BCUT2D eigenvalue weighted by molar-refractivity contribution is 9.10. The van der Waals surface area contributed by atoms with Crippen molar-refractivity contribution >= 4 is 33.4 Å². The molecule has 0 aliphatic carbocycles. The van der Waals surface area contributed by atoms with Gasteiger partial charge in [-0.1, -0.05) is 17.7 Å². The molecule has 1 aromatic carbocycles. The van der Waals surface area contributed by atoms with Crippen LogP contribution in [0.4, 0.5) is 0 Å². The van der Waals surface area contributed by atoms with Crippen molar-refractivity contribution in [3.8, 4) is 5.75 Å². The van der Waals surface area contributed by atoms with E-state index in [2.05, 4.69) is 26.2 Å². The normalized spacial score (nSPS) is 10.1. The van der Waals surface area contributed by atoms with E-state index in [0.29, 0.717) is 21.8 Å². The van der Waals surface area contributed by atoms with Crippen LogP contribution in [-0.4, -0.2) is 17.5 Å². The average Bonchev–Trinajstić information content (AvgIpc) is 2.45. The number of halogens is 2. The Labute approximate surface area is 130 Å². The first-order valence-corrected chi connectivity index (χ1v) is 7.07. The highest BCUT2D eigenvalue weighted by Gasteiger charge is 2.06. The van der Waals surface area contributed by atoms with Crippen molar-refractivity contribution in [3.63, 3.8) is 0 Å². The third-order valence-corrected chi connectivity index (χ3v) is 3.30. The van der Waals surface area contributed by atoms with Crippen molar-refractivity contribution < 1.29 is 9.53 Å². The summed E-state index contributed by atoms with van der Waals surface area (Å²) in [4.78, 5) is 15.8. The lowest BCUT2D eigenvalue weighted by Crippen LogP contribution is -2.28. The average molecular weight is 356 g/mol. The van der Waals surface area contributed by atoms with Crippen LogP contribution in [0.3, 0.4) is 0 Å². The van der Waals surface area contributed by atoms with Gasteiger partial charge in [-0.2, -0.15) is 0 Å². The van der Waals surface area contributed by atoms with Crippen LogP contribution in [-0.2, 0) is 11.3 Å².